The largest absolute Gasteiger partial charge is 0.456 e. The summed E-state index contributed by atoms with van der Waals surface area (Å²) in [6.07, 6.45) is 11.2. The average molecular weight is 469 g/mol. The standard InChI is InChI=1S/C33H24O3/c1-4-5-6-7-10-20-13-14-24-28(15-20)33(2,3)29-19-23(36-32(24)29)18-27-30(34)25-16-21-11-8-9-12-22(21)17-26(25)31(27)35/h4-19H,1H2,2-3H3/b6-5-,10-7-. The minimum absolute atomic E-state index is 0.152. The molecule has 0 N–H and O–H groups in total. The maximum Gasteiger partial charge on any atom is 0.197 e. The topological polar surface area (TPSA) is 47.3 Å². The molecule has 2 aliphatic carbocycles. The molecule has 1 aromatic heterocycles. The summed E-state index contributed by atoms with van der Waals surface area (Å²) in [6, 6.07) is 19.7. The van der Waals surface area contributed by atoms with E-state index in [1.807, 2.05) is 60.7 Å². The number of furan rings is 1. The molecule has 3 nitrogen and oxygen atoms in total. The van der Waals surface area contributed by atoms with Crippen molar-refractivity contribution in [2.24, 2.45) is 0 Å². The van der Waals surface area contributed by atoms with Crippen molar-refractivity contribution in [1.29, 1.82) is 0 Å². The Kier molecular flexibility index (Phi) is 4.90. The summed E-state index contributed by atoms with van der Waals surface area (Å²) in [7, 11) is 0. The highest BCUT2D eigenvalue weighted by atomic mass is 16.3. The number of fused-ring (bicyclic) bond motifs is 5. The van der Waals surface area contributed by atoms with Gasteiger partial charge in [0.1, 0.15) is 11.5 Å². The van der Waals surface area contributed by atoms with Gasteiger partial charge in [0.25, 0.3) is 0 Å². The third-order valence-corrected chi connectivity index (χ3v) is 7.18. The molecular weight excluding hydrogens is 444 g/mol. The predicted molar refractivity (Wildman–Crippen MR) is 145 cm³/mol. The Morgan fingerprint density at radius 2 is 1.47 bits per heavy atom. The van der Waals surface area contributed by atoms with Crippen LogP contribution in [0, 0.1) is 0 Å². The lowest BCUT2D eigenvalue weighted by Gasteiger charge is -2.20. The summed E-state index contributed by atoms with van der Waals surface area (Å²) < 4.78 is 6.25. The third-order valence-electron chi connectivity index (χ3n) is 7.18. The van der Waals surface area contributed by atoms with Crippen LogP contribution >= 0.6 is 0 Å². The van der Waals surface area contributed by atoms with E-state index in [4.69, 9.17) is 4.42 Å². The van der Waals surface area contributed by atoms with Crippen molar-refractivity contribution in [3.63, 3.8) is 0 Å². The monoisotopic (exact) mass is 468 g/mol. The molecule has 1 heterocycles. The number of ketones is 2. The summed E-state index contributed by atoms with van der Waals surface area (Å²) in [5.74, 6) is 0.814. The second kappa shape index (κ2) is 8.03. The molecule has 0 bridgehead atoms. The van der Waals surface area contributed by atoms with Crippen LogP contribution in [0.3, 0.4) is 0 Å². The molecule has 36 heavy (non-hydrogen) atoms. The Morgan fingerprint density at radius 1 is 0.778 bits per heavy atom. The van der Waals surface area contributed by atoms with Gasteiger partial charge in [0.2, 0.25) is 0 Å². The highest BCUT2D eigenvalue weighted by molar-refractivity contribution is 6.42. The zero-order chi connectivity index (χ0) is 25.0. The second-order valence-corrected chi connectivity index (χ2v) is 9.76. The van der Waals surface area contributed by atoms with Crippen molar-refractivity contribution in [2.45, 2.75) is 19.3 Å². The molecule has 0 atom stereocenters. The van der Waals surface area contributed by atoms with Crippen LogP contribution in [-0.2, 0) is 5.41 Å². The number of hydrogen-bond donors (Lipinski definition) is 0. The van der Waals surface area contributed by atoms with Crippen molar-refractivity contribution >= 4 is 34.5 Å². The first kappa shape index (κ1) is 22.0. The molecule has 0 saturated heterocycles. The Morgan fingerprint density at radius 3 is 2.14 bits per heavy atom. The smallest absolute Gasteiger partial charge is 0.197 e. The van der Waals surface area contributed by atoms with Gasteiger partial charge >= 0.3 is 0 Å². The summed E-state index contributed by atoms with van der Waals surface area (Å²) in [6.45, 7) is 8.02. The molecule has 2 aliphatic rings. The van der Waals surface area contributed by atoms with Crippen molar-refractivity contribution in [1.82, 2.24) is 0 Å². The first-order chi connectivity index (χ1) is 17.4. The van der Waals surface area contributed by atoms with E-state index in [1.165, 1.54) is 5.56 Å². The zero-order valence-electron chi connectivity index (χ0n) is 20.2. The van der Waals surface area contributed by atoms with E-state index < -0.39 is 0 Å². The molecule has 174 valence electrons. The molecular formula is C33H24O3. The van der Waals surface area contributed by atoms with Gasteiger partial charge in [-0.1, -0.05) is 93.3 Å². The maximum atomic E-state index is 13.2. The first-order valence-electron chi connectivity index (χ1n) is 12.0. The van der Waals surface area contributed by atoms with E-state index in [2.05, 4.69) is 44.7 Å². The molecule has 0 fully saturated rings. The fourth-order valence-corrected chi connectivity index (χ4v) is 5.26. The Balaban J connectivity index is 1.37. The van der Waals surface area contributed by atoms with Gasteiger partial charge in [-0.15, -0.1) is 0 Å². The van der Waals surface area contributed by atoms with Crippen LogP contribution in [0.15, 0.2) is 102 Å². The second-order valence-electron chi connectivity index (χ2n) is 9.76. The number of rotatable bonds is 4. The summed E-state index contributed by atoms with van der Waals surface area (Å²) >= 11 is 0. The van der Waals surface area contributed by atoms with Crippen molar-refractivity contribution in [3.8, 4) is 11.3 Å². The minimum Gasteiger partial charge on any atom is -0.456 e. The Bertz CT molecular complexity index is 1650. The lowest BCUT2D eigenvalue weighted by Crippen LogP contribution is -2.14. The fraction of sp³-hybridized carbons (Fsp3) is 0.0909. The molecule has 0 spiro atoms. The lowest BCUT2D eigenvalue weighted by molar-refractivity contribution is 0.0990. The van der Waals surface area contributed by atoms with Gasteiger partial charge in [0, 0.05) is 27.7 Å². The Hall–Kier alpha value is -4.50. The normalized spacial score (nSPS) is 15.7. The van der Waals surface area contributed by atoms with Crippen LogP contribution < -0.4 is 0 Å². The number of carbonyl (C=O) groups is 2. The maximum absolute atomic E-state index is 13.2. The van der Waals surface area contributed by atoms with E-state index in [-0.39, 0.29) is 22.6 Å². The van der Waals surface area contributed by atoms with Crippen molar-refractivity contribution in [3.05, 3.63) is 131 Å². The summed E-state index contributed by atoms with van der Waals surface area (Å²) in [4.78, 5) is 26.3. The molecule has 0 aliphatic heterocycles. The number of allylic oxidation sites excluding steroid dienone is 5. The predicted octanol–water partition coefficient (Wildman–Crippen LogP) is 7.96. The van der Waals surface area contributed by atoms with Gasteiger partial charge in [-0.25, -0.2) is 0 Å². The number of Topliss-reactive ketones (excluding diaryl/α,β-unsaturated/α-hetero) is 2. The van der Waals surface area contributed by atoms with Gasteiger partial charge in [-0.05, 0) is 46.2 Å². The lowest BCUT2D eigenvalue weighted by atomic mass is 9.82. The van der Waals surface area contributed by atoms with E-state index in [9.17, 15) is 9.59 Å². The molecule has 6 rings (SSSR count). The molecule has 3 aromatic carbocycles. The van der Waals surface area contributed by atoms with Gasteiger partial charge in [-0.2, -0.15) is 0 Å². The van der Waals surface area contributed by atoms with Crippen molar-refractivity contribution < 1.29 is 14.0 Å². The number of hydrogen-bond acceptors (Lipinski definition) is 3. The first-order valence-corrected chi connectivity index (χ1v) is 12.0. The van der Waals surface area contributed by atoms with Crippen LogP contribution in [0.1, 0.15) is 57.0 Å². The number of carbonyl (C=O) groups excluding carboxylic acids is 2. The van der Waals surface area contributed by atoms with E-state index in [0.29, 0.717) is 16.9 Å². The van der Waals surface area contributed by atoms with Gasteiger partial charge < -0.3 is 4.42 Å². The summed E-state index contributed by atoms with van der Waals surface area (Å²) in [5.41, 5.74) is 5.19. The zero-order valence-corrected chi connectivity index (χ0v) is 20.2. The quantitative estimate of drug-likeness (QED) is 0.173. The van der Waals surface area contributed by atoms with Crippen LogP contribution in [0.4, 0.5) is 0 Å². The van der Waals surface area contributed by atoms with E-state index in [0.717, 1.165) is 33.2 Å². The van der Waals surface area contributed by atoms with Crippen molar-refractivity contribution in [2.75, 3.05) is 0 Å². The fourth-order valence-electron chi connectivity index (χ4n) is 5.26. The van der Waals surface area contributed by atoms with Crippen LogP contribution in [0.5, 0.6) is 0 Å². The molecule has 0 unspecified atom stereocenters. The van der Waals surface area contributed by atoms with Crippen LogP contribution in [-0.4, -0.2) is 11.6 Å². The molecule has 0 saturated carbocycles. The molecule has 3 heteroatoms. The Labute approximate surface area is 209 Å². The van der Waals surface area contributed by atoms with E-state index in [1.54, 1.807) is 12.2 Å². The van der Waals surface area contributed by atoms with Crippen LogP contribution in [0.25, 0.3) is 34.2 Å². The number of benzene rings is 3. The molecule has 0 amide bonds. The van der Waals surface area contributed by atoms with Gasteiger partial charge in [-0.3, -0.25) is 9.59 Å². The molecule has 4 aromatic rings. The molecule has 0 radical (unpaired) electrons. The highest BCUT2D eigenvalue weighted by Gasteiger charge is 2.39. The minimum atomic E-state index is -0.268. The van der Waals surface area contributed by atoms with E-state index >= 15 is 0 Å². The highest BCUT2D eigenvalue weighted by Crippen LogP contribution is 2.50. The van der Waals surface area contributed by atoms with Gasteiger partial charge in [0.05, 0.1) is 5.57 Å². The van der Waals surface area contributed by atoms with Gasteiger partial charge in [0.15, 0.2) is 11.6 Å². The van der Waals surface area contributed by atoms with Crippen LogP contribution in [0.2, 0.25) is 0 Å². The SMILES string of the molecule is C=C/C=C\C=C/c1ccc2c(c1)C(C)(C)c1cc(C=C3C(=O)c4cc5ccccc5cc4C3=O)oc1-2. The summed E-state index contributed by atoms with van der Waals surface area (Å²) in [5, 5.41) is 1.89. The third kappa shape index (κ3) is 3.28. The average Bonchev–Trinajstić information content (AvgIpc) is 3.47.